The molecule has 0 spiro atoms. The molecule has 4 rings (SSSR count). The van der Waals surface area contributed by atoms with Crippen molar-refractivity contribution in [3.63, 3.8) is 0 Å². The zero-order valence-electron chi connectivity index (χ0n) is 24.2. The molecule has 0 unspecified atom stereocenters. The van der Waals surface area contributed by atoms with Crippen LogP contribution in [0.5, 0.6) is 11.5 Å². The van der Waals surface area contributed by atoms with Gasteiger partial charge in [-0.15, -0.1) is 0 Å². The monoisotopic (exact) mass is 575 g/mol. The average molecular weight is 576 g/mol. The van der Waals surface area contributed by atoms with Gasteiger partial charge in [-0.25, -0.2) is 4.79 Å². The van der Waals surface area contributed by atoms with Gasteiger partial charge in [-0.05, 0) is 61.5 Å². The summed E-state index contributed by atoms with van der Waals surface area (Å²) in [4.78, 5) is 46.3. The van der Waals surface area contributed by atoms with Crippen molar-refractivity contribution in [1.29, 1.82) is 0 Å². The van der Waals surface area contributed by atoms with Gasteiger partial charge in [-0.3, -0.25) is 14.6 Å². The molecular formula is C31H37N5O6. The lowest BCUT2D eigenvalue weighted by atomic mass is 10.0. The van der Waals surface area contributed by atoms with E-state index in [1.807, 2.05) is 6.92 Å². The van der Waals surface area contributed by atoms with Crippen molar-refractivity contribution in [3.8, 4) is 11.5 Å². The molecule has 1 aliphatic heterocycles. The van der Waals surface area contributed by atoms with Crippen molar-refractivity contribution in [2.75, 3.05) is 44.5 Å². The number of rotatable bonds is 8. The SMILES string of the molecule is COc1ccc(NC(=O)N(C)C[C@@H]2Oc3ccc(NC(=O)c4ccncc4)cc3CC(=O)N([C@H](C)CO)C[C@@H]2C)cc1. The average Bonchev–Trinajstić information content (AvgIpc) is 3.04. The minimum absolute atomic E-state index is 0.0197. The highest BCUT2D eigenvalue weighted by molar-refractivity contribution is 6.04. The van der Waals surface area contributed by atoms with Crippen LogP contribution in [0.4, 0.5) is 16.2 Å². The summed E-state index contributed by atoms with van der Waals surface area (Å²) in [6.45, 7) is 4.12. The number of methoxy groups -OCH3 is 1. The summed E-state index contributed by atoms with van der Waals surface area (Å²) in [5, 5.41) is 15.6. The highest BCUT2D eigenvalue weighted by Gasteiger charge is 2.32. The lowest BCUT2D eigenvalue weighted by molar-refractivity contribution is -0.134. The van der Waals surface area contributed by atoms with Gasteiger partial charge in [0.2, 0.25) is 5.91 Å². The Kier molecular flexibility index (Phi) is 9.98. The maximum absolute atomic E-state index is 13.5. The van der Waals surface area contributed by atoms with Crippen molar-refractivity contribution in [2.45, 2.75) is 32.4 Å². The van der Waals surface area contributed by atoms with Crippen molar-refractivity contribution < 1.29 is 29.0 Å². The van der Waals surface area contributed by atoms with Gasteiger partial charge in [0, 0.05) is 54.4 Å². The molecule has 222 valence electrons. The molecule has 0 saturated carbocycles. The fourth-order valence-corrected chi connectivity index (χ4v) is 4.68. The molecule has 3 aromatic rings. The molecular weight excluding hydrogens is 538 g/mol. The normalized spacial score (nSPS) is 17.5. The van der Waals surface area contributed by atoms with E-state index in [1.54, 1.807) is 80.6 Å². The Morgan fingerprint density at radius 2 is 1.81 bits per heavy atom. The molecule has 0 saturated heterocycles. The van der Waals surface area contributed by atoms with Gasteiger partial charge >= 0.3 is 6.03 Å². The van der Waals surface area contributed by atoms with Crippen LogP contribution in [-0.4, -0.2) is 83.7 Å². The first-order valence-electron chi connectivity index (χ1n) is 13.8. The first-order valence-corrected chi connectivity index (χ1v) is 13.8. The van der Waals surface area contributed by atoms with Crippen LogP contribution in [0.2, 0.25) is 0 Å². The maximum atomic E-state index is 13.5. The topological polar surface area (TPSA) is 133 Å². The predicted molar refractivity (Wildman–Crippen MR) is 159 cm³/mol. The lowest BCUT2D eigenvalue weighted by Crippen LogP contribution is -2.48. The van der Waals surface area contributed by atoms with Gasteiger partial charge in [0.15, 0.2) is 0 Å². The largest absolute Gasteiger partial charge is 0.497 e. The highest BCUT2D eigenvalue weighted by atomic mass is 16.5. The second-order valence-corrected chi connectivity index (χ2v) is 10.4. The number of hydrogen-bond donors (Lipinski definition) is 3. The summed E-state index contributed by atoms with van der Waals surface area (Å²) in [7, 11) is 3.26. The number of aliphatic hydroxyl groups excluding tert-OH is 1. The number of aromatic nitrogens is 1. The van der Waals surface area contributed by atoms with E-state index in [2.05, 4.69) is 15.6 Å². The number of aliphatic hydroxyl groups is 1. The first kappa shape index (κ1) is 30.3. The third kappa shape index (κ3) is 7.55. The minimum atomic E-state index is -0.480. The number of carbonyl (C=O) groups excluding carboxylic acids is 3. The van der Waals surface area contributed by atoms with E-state index in [0.29, 0.717) is 40.5 Å². The number of amides is 4. The van der Waals surface area contributed by atoms with E-state index >= 15 is 0 Å². The molecule has 2 heterocycles. The zero-order chi connectivity index (χ0) is 30.2. The number of urea groups is 1. The Hall–Kier alpha value is -4.64. The van der Waals surface area contributed by atoms with Crippen LogP contribution in [0.1, 0.15) is 29.8 Å². The van der Waals surface area contributed by atoms with Gasteiger partial charge in [-0.1, -0.05) is 6.92 Å². The predicted octanol–water partition coefficient (Wildman–Crippen LogP) is 3.66. The molecule has 1 aromatic heterocycles. The maximum Gasteiger partial charge on any atom is 0.321 e. The third-order valence-electron chi connectivity index (χ3n) is 7.26. The number of carbonyl (C=O) groups is 3. The molecule has 0 aliphatic carbocycles. The highest BCUT2D eigenvalue weighted by Crippen LogP contribution is 2.29. The summed E-state index contributed by atoms with van der Waals surface area (Å²) in [5.41, 5.74) is 2.17. The molecule has 4 amide bonds. The Morgan fingerprint density at radius 1 is 1.12 bits per heavy atom. The summed E-state index contributed by atoms with van der Waals surface area (Å²) >= 11 is 0. The molecule has 1 aliphatic rings. The third-order valence-corrected chi connectivity index (χ3v) is 7.26. The number of fused-ring (bicyclic) bond motifs is 1. The van der Waals surface area contributed by atoms with Crippen LogP contribution in [0.25, 0.3) is 0 Å². The van der Waals surface area contributed by atoms with Crippen molar-refractivity contribution >= 4 is 29.2 Å². The standard InChI is InChI=1S/C31H37N5O6/c1-20-17-36(21(2)19-37)29(38)16-23-15-25(33-30(39)22-11-13-32-14-12-22)7-10-27(23)42-28(20)18-35(3)31(40)34-24-5-8-26(41-4)9-6-24/h5-15,20-21,28,37H,16-19H2,1-4H3,(H,33,39)(H,34,40)/t20-,21+,28-/m0/s1. The van der Waals surface area contributed by atoms with Crippen LogP contribution in [0.3, 0.4) is 0 Å². The summed E-state index contributed by atoms with van der Waals surface area (Å²) < 4.78 is 11.7. The Bertz CT molecular complexity index is 1380. The van der Waals surface area contributed by atoms with Crippen LogP contribution in [-0.2, 0) is 11.2 Å². The van der Waals surface area contributed by atoms with Gasteiger partial charge in [0.25, 0.3) is 5.91 Å². The number of benzene rings is 2. The van der Waals surface area contributed by atoms with E-state index < -0.39 is 12.1 Å². The van der Waals surface area contributed by atoms with Crippen LogP contribution in [0.15, 0.2) is 67.0 Å². The number of likely N-dealkylation sites (N-methyl/N-ethyl adjacent to an activating group) is 1. The van der Waals surface area contributed by atoms with Crippen molar-refractivity contribution in [1.82, 2.24) is 14.8 Å². The second-order valence-electron chi connectivity index (χ2n) is 10.4. The number of pyridine rings is 1. The summed E-state index contributed by atoms with van der Waals surface area (Å²) in [6.07, 6.45) is 2.62. The molecule has 3 atom stereocenters. The molecule has 0 bridgehead atoms. The van der Waals surface area contributed by atoms with E-state index in [1.165, 1.54) is 17.3 Å². The fourth-order valence-electron chi connectivity index (χ4n) is 4.68. The lowest BCUT2D eigenvalue weighted by Gasteiger charge is -2.34. The quantitative estimate of drug-likeness (QED) is 0.373. The van der Waals surface area contributed by atoms with E-state index in [-0.39, 0.29) is 43.3 Å². The van der Waals surface area contributed by atoms with Crippen LogP contribution >= 0.6 is 0 Å². The molecule has 0 fully saturated rings. The molecule has 42 heavy (non-hydrogen) atoms. The van der Waals surface area contributed by atoms with Gasteiger partial charge in [0.1, 0.15) is 17.6 Å². The van der Waals surface area contributed by atoms with Crippen LogP contribution < -0.4 is 20.1 Å². The van der Waals surface area contributed by atoms with Gasteiger partial charge in [0.05, 0.1) is 32.7 Å². The number of hydrogen-bond acceptors (Lipinski definition) is 7. The van der Waals surface area contributed by atoms with Gasteiger partial charge < -0.3 is 35.0 Å². The van der Waals surface area contributed by atoms with E-state index in [0.717, 1.165) is 0 Å². The van der Waals surface area contributed by atoms with E-state index in [4.69, 9.17) is 9.47 Å². The van der Waals surface area contributed by atoms with Gasteiger partial charge in [-0.2, -0.15) is 0 Å². The second kappa shape index (κ2) is 13.8. The molecule has 2 aromatic carbocycles. The number of anilines is 2. The van der Waals surface area contributed by atoms with E-state index in [9.17, 15) is 19.5 Å². The Labute approximate surface area is 245 Å². The molecule has 11 nitrogen and oxygen atoms in total. The molecule has 0 radical (unpaired) electrons. The summed E-state index contributed by atoms with van der Waals surface area (Å²) in [5.74, 6) is 0.515. The molecule has 3 N–H and O–H groups in total. The molecule has 11 heteroatoms. The zero-order valence-corrected chi connectivity index (χ0v) is 24.2. The van der Waals surface area contributed by atoms with Crippen molar-refractivity contribution in [2.24, 2.45) is 5.92 Å². The number of nitrogens with one attached hydrogen (secondary N) is 2. The number of ether oxygens (including phenoxy) is 2. The van der Waals surface area contributed by atoms with Crippen molar-refractivity contribution in [3.05, 3.63) is 78.1 Å². The number of nitrogens with zero attached hydrogens (tertiary/aromatic N) is 3. The van der Waals surface area contributed by atoms with Crippen LogP contribution in [0, 0.1) is 5.92 Å². The summed E-state index contributed by atoms with van der Waals surface area (Å²) in [6, 6.07) is 14.7. The Morgan fingerprint density at radius 3 is 2.48 bits per heavy atom. The minimum Gasteiger partial charge on any atom is -0.497 e. The fraction of sp³-hybridized carbons (Fsp3) is 0.355. The first-order chi connectivity index (χ1) is 20.2. The Balaban J connectivity index is 1.57. The smallest absolute Gasteiger partial charge is 0.321 e.